The molecule has 0 amide bonds. The first kappa shape index (κ1) is 18.8. The lowest BCUT2D eigenvalue weighted by Crippen LogP contribution is -2.49. The molecule has 5 rings (SSSR count). The standard InChI is InChI=1S/C24H27ClN4/c1-17-20-11-10-18-6-2-4-8-21(18)23(20)27-24(26-17)29-14-12-28(13-15-29)16-19-7-3-5-9-22(19)25/h2-9,17,20H,10-16H2,1H3. The largest absolute Gasteiger partial charge is 0.339 e. The zero-order valence-electron chi connectivity index (χ0n) is 16.9. The fourth-order valence-electron chi connectivity index (χ4n) is 4.78. The van der Waals surface area contributed by atoms with Crippen LogP contribution in [0.15, 0.2) is 58.5 Å². The third-order valence-electron chi connectivity index (χ3n) is 6.50. The molecular formula is C24H27ClN4. The summed E-state index contributed by atoms with van der Waals surface area (Å²) in [7, 11) is 0. The summed E-state index contributed by atoms with van der Waals surface area (Å²) in [5.41, 5.74) is 5.22. The molecule has 0 bridgehead atoms. The molecule has 2 aromatic rings. The van der Waals surface area contributed by atoms with E-state index < -0.39 is 0 Å². The molecule has 4 nitrogen and oxygen atoms in total. The Hall–Kier alpha value is -2.17. The minimum Gasteiger partial charge on any atom is -0.339 e. The molecule has 1 fully saturated rings. The summed E-state index contributed by atoms with van der Waals surface area (Å²) in [6.45, 7) is 7.08. The van der Waals surface area contributed by atoms with Crippen molar-refractivity contribution >= 4 is 23.3 Å². The highest BCUT2D eigenvalue weighted by Crippen LogP contribution is 2.32. The van der Waals surface area contributed by atoms with Crippen LogP contribution in [0.1, 0.15) is 30.0 Å². The first-order valence-corrected chi connectivity index (χ1v) is 11.0. The molecule has 29 heavy (non-hydrogen) atoms. The lowest BCUT2D eigenvalue weighted by molar-refractivity contribution is 0.173. The van der Waals surface area contributed by atoms with Crippen molar-refractivity contribution in [2.45, 2.75) is 32.4 Å². The predicted octanol–water partition coefficient (Wildman–Crippen LogP) is 4.27. The highest BCUT2D eigenvalue weighted by molar-refractivity contribution is 6.31. The van der Waals surface area contributed by atoms with Gasteiger partial charge < -0.3 is 4.90 Å². The van der Waals surface area contributed by atoms with Crippen molar-refractivity contribution in [2.75, 3.05) is 26.2 Å². The highest BCUT2D eigenvalue weighted by Gasteiger charge is 2.34. The van der Waals surface area contributed by atoms with E-state index in [1.807, 2.05) is 12.1 Å². The summed E-state index contributed by atoms with van der Waals surface area (Å²) in [5.74, 6) is 1.38. The Morgan fingerprint density at radius 2 is 1.76 bits per heavy atom. The van der Waals surface area contributed by atoms with E-state index in [0.717, 1.165) is 56.5 Å². The molecule has 1 aliphatic carbocycles. The molecule has 5 heteroatoms. The van der Waals surface area contributed by atoms with Crippen LogP contribution < -0.4 is 0 Å². The van der Waals surface area contributed by atoms with Gasteiger partial charge in [0.05, 0.1) is 11.8 Å². The molecule has 2 heterocycles. The van der Waals surface area contributed by atoms with Crippen molar-refractivity contribution in [3.63, 3.8) is 0 Å². The Balaban J connectivity index is 1.30. The number of aryl methyl sites for hydroxylation is 1. The van der Waals surface area contributed by atoms with Crippen molar-refractivity contribution in [2.24, 2.45) is 15.9 Å². The SMILES string of the molecule is CC1N=C(N2CCN(Cc3ccccc3Cl)CC2)N=C2c3ccccc3CCC21. The number of benzene rings is 2. The van der Waals surface area contributed by atoms with Gasteiger partial charge in [-0.2, -0.15) is 0 Å². The summed E-state index contributed by atoms with van der Waals surface area (Å²) in [6.07, 6.45) is 2.29. The lowest BCUT2D eigenvalue weighted by Gasteiger charge is -2.39. The summed E-state index contributed by atoms with van der Waals surface area (Å²) >= 11 is 6.34. The Bertz CT molecular complexity index is 959. The number of fused-ring (bicyclic) bond motifs is 3. The molecule has 1 saturated heterocycles. The van der Waals surface area contributed by atoms with E-state index in [0.29, 0.717) is 12.0 Å². The predicted molar refractivity (Wildman–Crippen MR) is 120 cm³/mol. The molecule has 0 radical (unpaired) electrons. The lowest BCUT2D eigenvalue weighted by atomic mass is 9.78. The van der Waals surface area contributed by atoms with Gasteiger partial charge in [0.15, 0.2) is 0 Å². The maximum Gasteiger partial charge on any atom is 0.221 e. The Morgan fingerprint density at radius 3 is 2.59 bits per heavy atom. The van der Waals surface area contributed by atoms with Crippen LogP contribution >= 0.6 is 11.6 Å². The normalized spacial score (nSPS) is 24.4. The van der Waals surface area contributed by atoms with Gasteiger partial charge in [0.1, 0.15) is 0 Å². The van der Waals surface area contributed by atoms with Gasteiger partial charge in [-0.3, -0.25) is 4.90 Å². The van der Waals surface area contributed by atoms with Gasteiger partial charge in [0.2, 0.25) is 5.96 Å². The van der Waals surface area contributed by atoms with Crippen LogP contribution in [0.5, 0.6) is 0 Å². The third-order valence-corrected chi connectivity index (χ3v) is 6.87. The number of nitrogens with zero attached hydrogens (tertiary/aromatic N) is 4. The van der Waals surface area contributed by atoms with Crippen molar-refractivity contribution in [3.05, 3.63) is 70.2 Å². The van der Waals surface area contributed by atoms with E-state index in [1.54, 1.807) is 0 Å². The van der Waals surface area contributed by atoms with E-state index in [9.17, 15) is 0 Å². The van der Waals surface area contributed by atoms with E-state index in [2.05, 4.69) is 53.1 Å². The first-order chi connectivity index (χ1) is 14.2. The quantitative estimate of drug-likeness (QED) is 0.745. The average molecular weight is 407 g/mol. The van der Waals surface area contributed by atoms with Crippen LogP contribution in [0.4, 0.5) is 0 Å². The molecule has 3 aliphatic rings. The number of halogens is 1. The molecule has 0 N–H and O–H groups in total. The molecule has 2 unspecified atom stereocenters. The van der Waals surface area contributed by atoms with E-state index in [4.69, 9.17) is 21.6 Å². The van der Waals surface area contributed by atoms with Crippen LogP contribution in [0.3, 0.4) is 0 Å². The second-order valence-corrected chi connectivity index (χ2v) is 8.73. The molecule has 2 aliphatic heterocycles. The van der Waals surface area contributed by atoms with Crippen LogP contribution in [-0.2, 0) is 13.0 Å². The van der Waals surface area contributed by atoms with E-state index in [-0.39, 0.29) is 0 Å². The minimum atomic E-state index is 0.298. The van der Waals surface area contributed by atoms with Crippen LogP contribution in [0, 0.1) is 5.92 Å². The van der Waals surface area contributed by atoms with Gasteiger partial charge in [-0.05, 0) is 42.5 Å². The van der Waals surface area contributed by atoms with Gasteiger partial charge in [0.25, 0.3) is 0 Å². The topological polar surface area (TPSA) is 31.2 Å². The third kappa shape index (κ3) is 3.72. The van der Waals surface area contributed by atoms with Gasteiger partial charge in [-0.15, -0.1) is 0 Å². The molecule has 150 valence electrons. The van der Waals surface area contributed by atoms with Crippen molar-refractivity contribution in [1.29, 1.82) is 0 Å². The second kappa shape index (κ2) is 7.92. The van der Waals surface area contributed by atoms with Gasteiger partial charge in [-0.25, -0.2) is 9.98 Å². The fraction of sp³-hybridized carbons (Fsp3) is 0.417. The van der Waals surface area contributed by atoms with Gasteiger partial charge in [-0.1, -0.05) is 54.1 Å². The van der Waals surface area contributed by atoms with Crippen LogP contribution in [0.25, 0.3) is 0 Å². The maximum absolute atomic E-state index is 6.34. The van der Waals surface area contributed by atoms with Gasteiger partial charge in [0, 0.05) is 43.7 Å². The Morgan fingerprint density at radius 1 is 1.00 bits per heavy atom. The smallest absolute Gasteiger partial charge is 0.221 e. The van der Waals surface area contributed by atoms with Crippen molar-refractivity contribution in [1.82, 2.24) is 9.80 Å². The van der Waals surface area contributed by atoms with Crippen molar-refractivity contribution in [3.8, 4) is 0 Å². The minimum absolute atomic E-state index is 0.298. The number of hydrogen-bond donors (Lipinski definition) is 0. The molecular weight excluding hydrogens is 380 g/mol. The molecule has 0 spiro atoms. The Labute approximate surface area is 177 Å². The first-order valence-electron chi connectivity index (χ1n) is 10.6. The van der Waals surface area contributed by atoms with E-state index in [1.165, 1.54) is 22.4 Å². The molecule has 2 atom stereocenters. The van der Waals surface area contributed by atoms with Gasteiger partial charge >= 0.3 is 0 Å². The van der Waals surface area contributed by atoms with E-state index >= 15 is 0 Å². The summed E-state index contributed by atoms with van der Waals surface area (Å²) in [6, 6.07) is 17.2. The zero-order chi connectivity index (χ0) is 19.8. The number of aliphatic imine (C=N–C) groups is 2. The van der Waals surface area contributed by atoms with Crippen molar-refractivity contribution < 1.29 is 0 Å². The average Bonchev–Trinajstić information content (AvgIpc) is 2.76. The summed E-state index contributed by atoms with van der Waals surface area (Å²) < 4.78 is 0. The number of guanidine groups is 1. The summed E-state index contributed by atoms with van der Waals surface area (Å²) in [5, 5.41) is 0.855. The number of piperazine rings is 1. The molecule has 0 saturated carbocycles. The maximum atomic E-state index is 6.34. The molecule has 2 aromatic carbocycles. The summed E-state index contributed by atoms with van der Waals surface area (Å²) in [4.78, 5) is 14.9. The highest BCUT2D eigenvalue weighted by atomic mass is 35.5. The molecule has 0 aromatic heterocycles. The van der Waals surface area contributed by atoms with Crippen LogP contribution in [-0.4, -0.2) is 53.7 Å². The Kier molecular flexibility index (Phi) is 5.15. The van der Waals surface area contributed by atoms with Crippen LogP contribution in [0.2, 0.25) is 5.02 Å². The fourth-order valence-corrected chi connectivity index (χ4v) is 4.98. The second-order valence-electron chi connectivity index (χ2n) is 8.32. The number of hydrogen-bond acceptors (Lipinski definition) is 4. The monoisotopic (exact) mass is 406 g/mol. The number of rotatable bonds is 2. The zero-order valence-corrected chi connectivity index (χ0v) is 17.6.